The number of sulfone groups is 1. The van der Waals surface area contributed by atoms with Crippen LogP contribution >= 0.6 is 0 Å². The van der Waals surface area contributed by atoms with Crippen molar-refractivity contribution in [3.05, 3.63) is 12.3 Å². The third-order valence-electron chi connectivity index (χ3n) is 6.63. The molecule has 4 heterocycles. The Kier molecular flexibility index (Phi) is 4.59. The molecular formula is C18H29N5O2S. The molecule has 3 aliphatic heterocycles. The summed E-state index contributed by atoms with van der Waals surface area (Å²) < 4.78 is 24.2. The highest BCUT2D eigenvalue weighted by atomic mass is 32.2. The SMILES string of the molecule is CCC1(CC)CCN(c2nccc(N3CCN[C@H]4CS(=O)(=O)C[C@H]43)n2)C1. The van der Waals surface area contributed by atoms with Crippen molar-refractivity contribution < 1.29 is 8.42 Å². The molecule has 144 valence electrons. The van der Waals surface area contributed by atoms with E-state index in [1.807, 2.05) is 12.3 Å². The molecule has 7 nitrogen and oxygen atoms in total. The minimum absolute atomic E-state index is 0.00628. The topological polar surface area (TPSA) is 78.4 Å². The molecule has 0 bridgehead atoms. The molecule has 26 heavy (non-hydrogen) atoms. The van der Waals surface area contributed by atoms with Crippen molar-refractivity contribution in [2.75, 3.05) is 47.5 Å². The molecule has 0 aliphatic carbocycles. The molecule has 0 saturated carbocycles. The van der Waals surface area contributed by atoms with Crippen LogP contribution in [0.1, 0.15) is 33.1 Å². The zero-order valence-electron chi connectivity index (χ0n) is 15.7. The first-order chi connectivity index (χ1) is 12.5. The highest BCUT2D eigenvalue weighted by Gasteiger charge is 2.43. The first-order valence-corrected chi connectivity index (χ1v) is 11.6. The van der Waals surface area contributed by atoms with Crippen LogP contribution in [0.5, 0.6) is 0 Å². The Morgan fingerprint density at radius 1 is 1.27 bits per heavy atom. The Morgan fingerprint density at radius 2 is 2.08 bits per heavy atom. The van der Waals surface area contributed by atoms with Gasteiger partial charge >= 0.3 is 0 Å². The van der Waals surface area contributed by atoms with Crippen molar-refractivity contribution in [3.8, 4) is 0 Å². The fourth-order valence-corrected chi connectivity index (χ4v) is 6.69. The zero-order valence-corrected chi connectivity index (χ0v) is 16.5. The second-order valence-corrected chi connectivity index (χ2v) is 10.1. The molecule has 3 saturated heterocycles. The molecule has 1 aromatic rings. The van der Waals surface area contributed by atoms with Gasteiger partial charge in [-0.05, 0) is 30.7 Å². The molecule has 2 atom stereocenters. The lowest BCUT2D eigenvalue weighted by atomic mass is 9.82. The standard InChI is InChI=1S/C18H29N5O2S/c1-3-18(4-2)6-9-22(13-18)17-20-7-5-16(21-17)23-10-8-19-14-11-26(24,25)12-15(14)23/h5,7,14-15,19H,3-4,6,8-13H2,1-2H3/t14-,15+/m0/s1. The van der Waals surface area contributed by atoms with Gasteiger partial charge in [0.1, 0.15) is 5.82 Å². The zero-order chi connectivity index (χ0) is 18.4. The average Bonchev–Trinajstić information content (AvgIpc) is 3.21. The van der Waals surface area contributed by atoms with Gasteiger partial charge in [0.2, 0.25) is 5.95 Å². The number of fused-ring (bicyclic) bond motifs is 1. The van der Waals surface area contributed by atoms with E-state index >= 15 is 0 Å². The lowest BCUT2D eigenvalue weighted by Gasteiger charge is -2.38. The molecule has 8 heteroatoms. The van der Waals surface area contributed by atoms with E-state index in [1.165, 1.54) is 19.3 Å². The molecule has 3 aliphatic rings. The molecule has 0 radical (unpaired) electrons. The lowest BCUT2D eigenvalue weighted by Crippen LogP contribution is -2.57. The fourth-order valence-electron chi connectivity index (χ4n) is 4.74. The van der Waals surface area contributed by atoms with Crippen molar-refractivity contribution >= 4 is 21.6 Å². The number of hydrogen-bond donors (Lipinski definition) is 1. The number of hydrogen-bond acceptors (Lipinski definition) is 7. The molecule has 0 spiro atoms. The predicted molar refractivity (Wildman–Crippen MR) is 103 cm³/mol. The minimum atomic E-state index is -2.98. The van der Waals surface area contributed by atoms with Crippen LogP contribution in [-0.4, -0.2) is 68.2 Å². The normalized spacial score (nSPS) is 29.8. The second kappa shape index (κ2) is 6.64. The van der Waals surface area contributed by atoms with Gasteiger partial charge < -0.3 is 15.1 Å². The number of aromatic nitrogens is 2. The molecule has 1 aromatic heterocycles. The van der Waals surface area contributed by atoms with Crippen LogP contribution < -0.4 is 15.1 Å². The van der Waals surface area contributed by atoms with Crippen LogP contribution in [0.4, 0.5) is 11.8 Å². The molecule has 0 aromatic carbocycles. The van der Waals surface area contributed by atoms with E-state index in [4.69, 9.17) is 4.98 Å². The quantitative estimate of drug-likeness (QED) is 0.838. The number of nitrogens with zero attached hydrogens (tertiary/aromatic N) is 4. The van der Waals surface area contributed by atoms with Crippen LogP contribution in [0.3, 0.4) is 0 Å². The predicted octanol–water partition coefficient (Wildman–Crippen LogP) is 1.07. The van der Waals surface area contributed by atoms with E-state index in [0.29, 0.717) is 5.41 Å². The number of nitrogens with one attached hydrogen (secondary N) is 1. The van der Waals surface area contributed by atoms with Crippen LogP contribution in [0.15, 0.2) is 12.3 Å². The Labute approximate surface area is 156 Å². The first-order valence-electron chi connectivity index (χ1n) is 9.74. The largest absolute Gasteiger partial charge is 0.350 e. The van der Waals surface area contributed by atoms with Crippen molar-refractivity contribution in [2.45, 2.75) is 45.2 Å². The maximum atomic E-state index is 12.1. The average molecular weight is 380 g/mol. The molecule has 1 N–H and O–H groups in total. The summed E-state index contributed by atoms with van der Waals surface area (Å²) in [6, 6.07) is 1.90. The smallest absolute Gasteiger partial charge is 0.227 e. The molecular weight excluding hydrogens is 350 g/mol. The van der Waals surface area contributed by atoms with Crippen LogP contribution in [0, 0.1) is 5.41 Å². The first kappa shape index (κ1) is 18.0. The van der Waals surface area contributed by atoms with E-state index in [9.17, 15) is 8.42 Å². The Hall–Kier alpha value is -1.41. The van der Waals surface area contributed by atoms with E-state index < -0.39 is 9.84 Å². The van der Waals surface area contributed by atoms with Crippen molar-refractivity contribution in [3.63, 3.8) is 0 Å². The summed E-state index contributed by atoms with van der Waals surface area (Å²) in [6.45, 7) is 8.10. The second-order valence-electron chi connectivity index (χ2n) is 7.99. The number of anilines is 2. The minimum Gasteiger partial charge on any atom is -0.350 e. The summed E-state index contributed by atoms with van der Waals surface area (Å²) in [5.74, 6) is 2.08. The Bertz CT molecular complexity index is 765. The van der Waals surface area contributed by atoms with Gasteiger partial charge in [-0.1, -0.05) is 13.8 Å². The van der Waals surface area contributed by atoms with E-state index in [1.54, 1.807) is 0 Å². The lowest BCUT2D eigenvalue weighted by molar-refractivity contribution is 0.301. The number of rotatable bonds is 4. The van der Waals surface area contributed by atoms with Gasteiger partial charge in [-0.3, -0.25) is 0 Å². The van der Waals surface area contributed by atoms with Gasteiger partial charge in [-0.15, -0.1) is 0 Å². The summed E-state index contributed by atoms with van der Waals surface area (Å²) in [7, 11) is -2.98. The van der Waals surface area contributed by atoms with E-state index in [0.717, 1.165) is 37.9 Å². The Balaban J connectivity index is 1.57. The van der Waals surface area contributed by atoms with Gasteiger partial charge in [0.25, 0.3) is 0 Å². The van der Waals surface area contributed by atoms with Gasteiger partial charge in [-0.25, -0.2) is 13.4 Å². The maximum Gasteiger partial charge on any atom is 0.227 e. The third kappa shape index (κ3) is 3.17. The van der Waals surface area contributed by atoms with Gasteiger partial charge in [0.05, 0.1) is 17.5 Å². The fraction of sp³-hybridized carbons (Fsp3) is 0.778. The van der Waals surface area contributed by atoms with Gasteiger partial charge in [0.15, 0.2) is 9.84 Å². The Morgan fingerprint density at radius 3 is 2.81 bits per heavy atom. The summed E-state index contributed by atoms with van der Waals surface area (Å²) >= 11 is 0. The van der Waals surface area contributed by atoms with Crippen molar-refractivity contribution in [1.29, 1.82) is 0 Å². The number of piperazine rings is 1. The summed E-state index contributed by atoms with van der Waals surface area (Å²) in [5.41, 5.74) is 0.374. The third-order valence-corrected chi connectivity index (χ3v) is 8.34. The van der Waals surface area contributed by atoms with E-state index in [-0.39, 0.29) is 23.6 Å². The van der Waals surface area contributed by atoms with Crippen LogP contribution in [0.2, 0.25) is 0 Å². The summed E-state index contributed by atoms with van der Waals surface area (Å²) in [6.07, 6.45) is 5.36. The van der Waals surface area contributed by atoms with Crippen molar-refractivity contribution in [1.82, 2.24) is 15.3 Å². The van der Waals surface area contributed by atoms with Crippen LogP contribution in [0.25, 0.3) is 0 Å². The van der Waals surface area contributed by atoms with Crippen LogP contribution in [-0.2, 0) is 9.84 Å². The van der Waals surface area contributed by atoms with Gasteiger partial charge in [-0.2, -0.15) is 4.98 Å². The van der Waals surface area contributed by atoms with E-state index in [2.05, 4.69) is 33.9 Å². The molecule has 4 rings (SSSR count). The molecule has 0 amide bonds. The summed E-state index contributed by atoms with van der Waals surface area (Å²) in [5, 5.41) is 3.36. The molecule has 3 fully saturated rings. The highest BCUT2D eigenvalue weighted by molar-refractivity contribution is 7.91. The molecule has 0 unspecified atom stereocenters. The highest BCUT2D eigenvalue weighted by Crippen LogP contribution is 2.38. The monoisotopic (exact) mass is 379 g/mol. The maximum absolute atomic E-state index is 12.1. The summed E-state index contributed by atoms with van der Waals surface area (Å²) in [4.78, 5) is 13.8. The van der Waals surface area contributed by atoms with Crippen molar-refractivity contribution in [2.24, 2.45) is 5.41 Å². The van der Waals surface area contributed by atoms with Gasteiger partial charge in [0, 0.05) is 38.4 Å².